The summed E-state index contributed by atoms with van der Waals surface area (Å²) in [7, 11) is 0. The lowest BCUT2D eigenvalue weighted by Gasteiger charge is -2.18. The van der Waals surface area contributed by atoms with Gasteiger partial charge in [0, 0.05) is 11.1 Å². The highest BCUT2D eigenvalue weighted by molar-refractivity contribution is 5.96. The minimum absolute atomic E-state index is 0.976. The van der Waals surface area contributed by atoms with Gasteiger partial charge in [0.1, 0.15) is 0 Å². The summed E-state index contributed by atoms with van der Waals surface area (Å²) in [6.45, 7) is 0. The van der Waals surface area contributed by atoms with Gasteiger partial charge in [0.25, 0.3) is 0 Å². The molecule has 0 aliphatic heterocycles. The van der Waals surface area contributed by atoms with Gasteiger partial charge in [-0.05, 0) is 81.3 Å². The lowest BCUT2D eigenvalue weighted by atomic mass is 9.87. The molecule has 0 atom stereocenters. The van der Waals surface area contributed by atoms with Crippen LogP contribution in [-0.2, 0) is 6.42 Å². The Balaban J connectivity index is 1.41. The van der Waals surface area contributed by atoms with E-state index in [4.69, 9.17) is 4.98 Å². The van der Waals surface area contributed by atoms with Gasteiger partial charge >= 0.3 is 0 Å². The maximum atomic E-state index is 5.18. The number of aromatic nitrogens is 1. The molecule has 1 aliphatic rings. The Morgan fingerprint density at radius 1 is 0.500 bits per heavy atom. The topological polar surface area (TPSA) is 12.9 Å². The van der Waals surface area contributed by atoms with Crippen molar-refractivity contribution in [2.24, 2.45) is 0 Å². The molecule has 1 heterocycles. The fourth-order valence-corrected chi connectivity index (χ4v) is 5.77. The number of aryl methyl sites for hydroxylation is 1. The van der Waals surface area contributed by atoms with Crippen LogP contribution < -0.4 is 0 Å². The largest absolute Gasteiger partial charge is 0.248 e. The van der Waals surface area contributed by atoms with Crippen LogP contribution in [0.3, 0.4) is 0 Å². The van der Waals surface area contributed by atoms with E-state index < -0.39 is 0 Å². The van der Waals surface area contributed by atoms with Crippen molar-refractivity contribution in [1.82, 2.24) is 4.98 Å². The molecule has 0 unspecified atom stereocenters. The summed E-state index contributed by atoms with van der Waals surface area (Å²) in [5, 5.41) is 2.64. The van der Waals surface area contributed by atoms with Crippen LogP contribution in [0.15, 0.2) is 146 Å². The average Bonchev–Trinajstić information content (AvgIpc) is 3.01. The van der Waals surface area contributed by atoms with Crippen molar-refractivity contribution >= 4 is 16.8 Å². The fourth-order valence-electron chi connectivity index (χ4n) is 5.77. The van der Waals surface area contributed by atoms with E-state index in [2.05, 4.69) is 146 Å². The van der Waals surface area contributed by atoms with Crippen LogP contribution in [0.5, 0.6) is 0 Å². The van der Waals surface area contributed by atoms with E-state index in [0.717, 1.165) is 35.4 Å². The second-order valence-corrected chi connectivity index (χ2v) is 10.3. The molecule has 40 heavy (non-hydrogen) atoms. The van der Waals surface area contributed by atoms with Crippen LogP contribution in [0.2, 0.25) is 0 Å². The zero-order valence-corrected chi connectivity index (χ0v) is 22.3. The number of benzene rings is 5. The molecule has 7 rings (SSSR count). The summed E-state index contributed by atoms with van der Waals surface area (Å²) < 4.78 is 0. The fraction of sp³-hybridized carbons (Fsp3) is 0.0513. The monoisotopic (exact) mass is 511 g/mol. The Kier molecular flexibility index (Phi) is 6.39. The van der Waals surface area contributed by atoms with Crippen molar-refractivity contribution < 1.29 is 0 Å². The first kappa shape index (κ1) is 24.1. The molecule has 0 fully saturated rings. The van der Waals surface area contributed by atoms with Crippen molar-refractivity contribution in [3.8, 4) is 44.8 Å². The number of fused-ring (bicyclic) bond motifs is 3. The first-order valence-electron chi connectivity index (χ1n) is 13.9. The summed E-state index contributed by atoms with van der Waals surface area (Å²) in [6.07, 6.45) is 11.0. The molecule has 1 heteroatoms. The van der Waals surface area contributed by atoms with Crippen LogP contribution in [0.25, 0.3) is 61.6 Å². The highest BCUT2D eigenvalue weighted by atomic mass is 14.7. The molecule has 1 aromatic heterocycles. The minimum Gasteiger partial charge on any atom is -0.248 e. The Bertz CT molecular complexity index is 1820. The van der Waals surface area contributed by atoms with E-state index in [9.17, 15) is 0 Å². The SMILES string of the molecule is C1=C\CCc2c(c(-c3cccc(-c4cc(-c5ccccc5)cc(-c5ccccc5)n4)c3)cc3ccccc23)\C=C/1. The van der Waals surface area contributed by atoms with Gasteiger partial charge in [-0.1, -0.05) is 127 Å². The zero-order valence-electron chi connectivity index (χ0n) is 22.3. The highest BCUT2D eigenvalue weighted by Gasteiger charge is 2.15. The highest BCUT2D eigenvalue weighted by Crippen LogP contribution is 2.37. The van der Waals surface area contributed by atoms with Crippen LogP contribution in [0.1, 0.15) is 17.5 Å². The van der Waals surface area contributed by atoms with E-state index in [1.807, 2.05) is 6.07 Å². The van der Waals surface area contributed by atoms with Gasteiger partial charge in [-0.25, -0.2) is 4.98 Å². The van der Waals surface area contributed by atoms with Gasteiger partial charge in [-0.15, -0.1) is 0 Å². The number of nitrogens with zero attached hydrogens (tertiary/aromatic N) is 1. The van der Waals surface area contributed by atoms with Crippen molar-refractivity contribution in [1.29, 1.82) is 0 Å². The van der Waals surface area contributed by atoms with Gasteiger partial charge in [-0.2, -0.15) is 0 Å². The summed E-state index contributed by atoms with van der Waals surface area (Å²) in [5.74, 6) is 0. The third kappa shape index (κ3) is 4.67. The number of allylic oxidation sites excluding steroid dienone is 3. The Morgan fingerprint density at radius 3 is 2.00 bits per heavy atom. The molecular formula is C39H29N. The smallest absolute Gasteiger partial charge is 0.0715 e. The maximum Gasteiger partial charge on any atom is 0.0715 e. The van der Waals surface area contributed by atoms with Crippen molar-refractivity contribution in [3.05, 3.63) is 157 Å². The number of rotatable bonds is 4. The second-order valence-electron chi connectivity index (χ2n) is 10.3. The van der Waals surface area contributed by atoms with E-state index in [1.165, 1.54) is 44.2 Å². The molecule has 0 amide bonds. The van der Waals surface area contributed by atoms with Crippen LogP contribution in [0, 0.1) is 0 Å². The first-order chi connectivity index (χ1) is 19.8. The quantitative estimate of drug-likeness (QED) is 0.229. The van der Waals surface area contributed by atoms with Gasteiger partial charge < -0.3 is 0 Å². The predicted molar refractivity (Wildman–Crippen MR) is 170 cm³/mol. The standard InChI is InChI=1S/C39H29N/c1-2-10-23-36-35(22-9-1)34-21-12-11-18-31(34)25-37(36)30-19-13-20-32(24-30)39-27-33(28-14-5-3-6-15-28)26-38(40-39)29-16-7-4-8-17-29/h1-8,10-21,23-27H,9,22H2/b2-1-,23-10-. The van der Waals surface area contributed by atoms with E-state index >= 15 is 0 Å². The Labute approximate surface area is 235 Å². The summed E-state index contributed by atoms with van der Waals surface area (Å²) in [4.78, 5) is 5.18. The summed E-state index contributed by atoms with van der Waals surface area (Å²) in [5.41, 5.74) is 11.8. The number of pyridine rings is 1. The number of hydrogen-bond acceptors (Lipinski definition) is 1. The van der Waals surface area contributed by atoms with Crippen molar-refractivity contribution in [2.45, 2.75) is 12.8 Å². The van der Waals surface area contributed by atoms with E-state index in [1.54, 1.807) is 0 Å². The van der Waals surface area contributed by atoms with E-state index in [-0.39, 0.29) is 0 Å². The van der Waals surface area contributed by atoms with Crippen LogP contribution >= 0.6 is 0 Å². The molecule has 1 nitrogen and oxygen atoms in total. The molecule has 0 spiro atoms. The van der Waals surface area contributed by atoms with Gasteiger partial charge in [0.2, 0.25) is 0 Å². The Morgan fingerprint density at radius 2 is 1.18 bits per heavy atom. The second kappa shape index (κ2) is 10.6. The van der Waals surface area contributed by atoms with Crippen molar-refractivity contribution in [2.75, 3.05) is 0 Å². The van der Waals surface area contributed by atoms with Gasteiger partial charge in [-0.3, -0.25) is 0 Å². The lowest BCUT2D eigenvalue weighted by Crippen LogP contribution is -1.97. The molecule has 6 aromatic rings. The molecule has 5 aromatic carbocycles. The zero-order chi connectivity index (χ0) is 26.7. The maximum absolute atomic E-state index is 5.18. The molecule has 0 bridgehead atoms. The first-order valence-corrected chi connectivity index (χ1v) is 13.9. The summed E-state index contributed by atoms with van der Waals surface area (Å²) >= 11 is 0. The molecule has 0 saturated heterocycles. The van der Waals surface area contributed by atoms with Gasteiger partial charge in [0.15, 0.2) is 0 Å². The third-order valence-electron chi connectivity index (χ3n) is 7.74. The van der Waals surface area contributed by atoms with Crippen LogP contribution in [-0.4, -0.2) is 4.98 Å². The van der Waals surface area contributed by atoms with Crippen molar-refractivity contribution in [3.63, 3.8) is 0 Å². The average molecular weight is 512 g/mol. The minimum atomic E-state index is 0.976. The van der Waals surface area contributed by atoms with Gasteiger partial charge in [0.05, 0.1) is 11.4 Å². The number of hydrogen-bond donors (Lipinski definition) is 0. The normalized spacial score (nSPS) is 14.2. The molecule has 190 valence electrons. The molecule has 0 saturated carbocycles. The lowest BCUT2D eigenvalue weighted by molar-refractivity contribution is 1.01. The third-order valence-corrected chi connectivity index (χ3v) is 7.74. The predicted octanol–water partition coefficient (Wildman–Crippen LogP) is 10.4. The van der Waals surface area contributed by atoms with E-state index in [0.29, 0.717) is 0 Å². The Hall–Kier alpha value is -5.01. The molecule has 0 radical (unpaired) electrons. The van der Waals surface area contributed by atoms with Crippen LogP contribution in [0.4, 0.5) is 0 Å². The molecular weight excluding hydrogens is 482 g/mol. The summed E-state index contributed by atoms with van der Waals surface area (Å²) in [6, 6.07) is 45.5. The molecule has 0 N–H and O–H groups in total. The molecule has 1 aliphatic carbocycles.